The largest absolute Gasteiger partial charge is 0.383 e. The number of hydrogen-bond acceptors (Lipinski definition) is 1. The van der Waals surface area contributed by atoms with E-state index in [-0.39, 0.29) is 5.41 Å². The second-order valence-electron chi connectivity index (χ2n) is 4.60. The molecule has 0 aromatic heterocycles. The molecule has 0 heterocycles. The molecule has 1 nitrogen and oxygen atoms in total. The first-order valence-corrected chi connectivity index (χ1v) is 4.92. The van der Waals surface area contributed by atoms with Crippen molar-refractivity contribution < 1.29 is 0 Å². The van der Waals surface area contributed by atoms with Gasteiger partial charge in [-0.15, -0.1) is 0 Å². The predicted octanol–water partition coefficient (Wildman–Crippen LogP) is 3.49. The van der Waals surface area contributed by atoms with Crippen LogP contribution in [0.1, 0.15) is 41.0 Å². The summed E-state index contributed by atoms with van der Waals surface area (Å²) in [5, 5.41) is 3.34. The van der Waals surface area contributed by atoms with Crippen molar-refractivity contribution in [2.24, 2.45) is 5.41 Å². The minimum absolute atomic E-state index is 0.167. The molecule has 0 bridgehead atoms. The van der Waals surface area contributed by atoms with Crippen LogP contribution in [0.4, 0.5) is 0 Å². The fraction of sp³-hybridized carbons (Fsp3) is 0.667. The van der Waals surface area contributed by atoms with Gasteiger partial charge in [-0.25, -0.2) is 0 Å². The molecule has 0 aliphatic carbocycles. The summed E-state index contributed by atoms with van der Waals surface area (Å²) in [5.41, 5.74) is 2.47. The van der Waals surface area contributed by atoms with E-state index in [1.54, 1.807) is 0 Å². The SMILES string of the molecule is C=C(CC)NC(C)C(=C)C(C)(C)C. The second-order valence-corrected chi connectivity index (χ2v) is 4.60. The van der Waals surface area contributed by atoms with Crippen molar-refractivity contribution >= 4 is 0 Å². The summed E-state index contributed by atoms with van der Waals surface area (Å²) in [6, 6.07) is 0.312. The molecule has 0 saturated carbocycles. The van der Waals surface area contributed by atoms with Crippen LogP contribution in [0.25, 0.3) is 0 Å². The third kappa shape index (κ3) is 4.16. The van der Waals surface area contributed by atoms with E-state index >= 15 is 0 Å². The molecule has 1 heteroatoms. The molecule has 0 rings (SSSR count). The molecule has 0 radical (unpaired) electrons. The number of nitrogens with one attached hydrogen (secondary N) is 1. The maximum absolute atomic E-state index is 4.11. The van der Waals surface area contributed by atoms with Gasteiger partial charge in [0.25, 0.3) is 0 Å². The second kappa shape index (κ2) is 4.50. The molecule has 1 N–H and O–H groups in total. The number of allylic oxidation sites excluding steroid dienone is 1. The Bertz CT molecular complexity index is 196. The Labute approximate surface area is 82.9 Å². The van der Waals surface area contributed by atoms with Gasteiger partial charge in [0.1, 0.15) is 0 Å². The highest BCUT2D eigenvalue weighted by atomic mass is 14.9. The van der Waals surface area contributed by atoms with E-state index in [0.29, 0.717) is 6.04 Å². The zero-order valence-corrected chi connectivity index (χ0v) is 9.70. The first-order chi connectivity index (χ1) is 5.79. The fourth-order valence-corrected chi connectivity index (χ4v) is 1.14. The quantitative estimate of drug-likeness (QED) is 0.655. The summed E-state index contributed by atoms with van der Waals surface area (Å²) in [6.07, 6.45) is 0.974. The minimum Gasteiger partial charge on any atom is -0.383 e. The first kappa shape index (κ1) is 12.3. The Morgan fingerprint density at radius 1 is 1.31 bits per heavy atom. The molecule has 0 spiro atoms. The van der Waals surface area contributed by atoms with Crippen molar-refractivity contribution in [3.05, 3.63) is 24.4 Å². The van der Waals surface area contributed by atoms with Crippen LogP contribution < -0.4 is 5.32 Å². The fourth-order valence-electron chi connectivity index (χ4n) is 1.14. The van der Waals surface area contributed by atoms with Gasteiger partial charge < -0.3 is 5.32 Å². The van der Waals surface area contributed by atoms with Gasteiger partial charge in [0.2, 0.25) is 0 Å². The Balaban J connectivity index is 4.20. The van der Waals surface area contributed by atoms with Crippen molar-refractivity contribution in [2.45, 2.75) is 47.1 Å². The molecule has 0 aromatic rings. The van der Waals surface area contributed by atoms with Crippen LogP contribution in [0.15, 0.2) is 24.4 Å². The molecule has 0 aromatic carbocycles. The number of rotatable bonds is 4. The average molecular weight is 181 g/mol. The van der Waals surface area contributed by atoms with Gasteiger partial charge in [0.05, 0.1) is 0 Å². The van der Waals surface area contributed by atoms with Crippen molar-refractivity contribution in [3.8, 4) is 0 Å². The van der Waals surface area contributed by atoms with Crippen LogP contribution >= 0.6 is 0 Å². The Hall–Kier alpha value is -0.720. The summed E-state index contributed by atoms with van der Waals surface area (Å²) in [7, 11) is 0. The molecule has 0 amide bonds. The highest BCUT2D eigenvalue weighted by Crippen LogP contribution is 2.26. The normalized spacial score (nSPS) is 13.6. The lowest BCUT2D eigenvalue weighted by Gasteiger charge is -2.28. The lowest BCUT2D eigenvalue weighted by molar-refractivity contribution is 0.451. The van der Waals surface area contributed by atoms with Crippen molar-refractivity contribution in [2.75, 3.05) is 0 Å². The van der Waals surface area contributed by atoms with E-state index in [4.69, 9.17) is 0 Å². The minimum atomic E-state index is 0.167. The van der Waals surface area contributed by atoms with Crippen LogP contribution in [0.3, 0.4) is 0 Å². The maximum Gasteiger partial charge on any atom is 0.0444 e. The molecule has 1 atom stereocenters. The smallest absolute Gasteiger partial charge is 0.0444 e. The van der Waals surface area contributed by atoms with E-state index in [9.17, 15) is 0 Å². The predicted molar refractivity (Wildman–Crippen MR) is 60.6 cm³/mol. The topological polar surface area (TPSA) is 12.0 Å². The standard InChI is InChI=1S/C12H23N/c1-8-9(2)13-11(4)10(3)12(5,6)7/h11,13H,2-3,8H2,1,4-7H3. The molecular formula is C12H23N. The van der Waals surface area contributed by atoms with Crippen LogP contribution in [-0.4, -0.2) is 6.04 Å². The van der Waals surface area contributed by atoms with Gasteiger partial charge in [0.15, 0.2) is 0 Å². The van der Waals surface area contributed by atoms with Crippen molar-refractivity contribution in [1.82, 2.24) is 5.32 Å². The van der Waals surface area contributed by atoms with E-state index < -0.39 is 0 Å². The van der Waals surface area contributed by atoms with Crippen LogP contribution in [0.5, 0.6) is 0 Å². The van der Waals surface area contributed by atoms with Gasteiger partial charge in [-0.05, 0) is 18.8 Å². The van der Waals surface area contributed by atoms with Gasteiger partial charge >= 0.3 is 0 Å². The van der Waals surface area contributed by atoms with Gasteiger partial charge in [-0.1, -0.05) is 46.4 Å². The van der Waals surface area contributed by atoms with Crippen molar-refractivity contribution in [3.63, 3.8) is 0 Å². The van der Waals surface area contributed by atoms with Gasteiger partial charge in [-0.3, -0.25) is 0 Å². The Kier molecular flexibility index (Phi) is 4.25. The lowest BCUT2D eigenvalue weighted by atomic mass is 9.83. The van der Waals surface area contributed by atoms with Crippen LogP contribution in [0, 0.1) is 5.41 Å². The van der Waals surface area contributed by atoms with E-state index in [0.717, 1.165) is 12.1 Å². The van der Waals surface area contributed by atoms with Crippen LogP contribution in [0.2, 0.25) is 0 Å². The first-order valence-electron chi connectivity index (χ1n) is 4.92. The van der Waals surface area contributed by atoms with Gasteiger partial charge in [-0.2, -0.15) is 0 Å². The summed E-state index contributed by atoms with van der Waals surface area (Å²) in [5.74, 6) is 0. The average Bonchev–Trinajstić information content (AvgIpc) is 2.01. The summed E-state index contributed by atoms with van der Waals surface area (Å²) in [4.78, 5) is 0. The summed E-state index contributed by atoms with van der Waals surface area (Å²) < 4.78 is 0. The zero-order chi connectivity index (χ0) is 10.6. The summed E-state index contributed by atoms with van der Waals surface area (Å²) >= 11 is 0. The third-order valence-corrected chi connectivity index (χ3v) is 2.33. The Morgan fingerprint density at radius 2 is 1.77 bits per heavy atom. The lowest BCUT2D eigenvalue weighted by Crippen LogP contribution is -2.31. The molecule has 0 saturated heterocycles. The molecule has 1 unspecified atom stereocenters. The van der Waals surface area contributed by atoms with E-state index in [1.807, 2.05) is 0 Å². The molecule has 0 aliphatic rings. The number of hydrogen-bond donors (Lipinski definition) is 1. The highest BCUT2D eigenvalue weighted by Gasteiger charge is 2.19. The highest BCUT2D eigenvalue weighted by molar-refractivity contribution is 5.14. The van der Waals surface area contributed by atoms with Gasteiger partial charge in [0, 0.05) is 11.7 Å². The molecule has 13 heavy (non-hydrogen) atoms. The Morgan fingerprint density at radius 3 is 2.08 bits per heavy atom. The molecule has 76 valence electrons. The zero-order valence-electron chi connectivity index (χ0n) is 9.70. The molecular weight excluding hydrogens is 158 g/mol. The monoisotopic (exact) mass is 181 g/mol. The van der Waals surface area contributed by atoms with E-state index in [1.165, 1.54) is 5.57 Å². The summed E-state index contributed by atoms with van der Waals surface area (Å²) in [6.45, 7) is 18.8. The maximum atomic E-state index is 4.11. The van der Waals surface area contributed by atoms with Crippen LogP contribution in [-0.2, 0) is 0 Å². The van der Waals surface area contributed by atoms with E-state index in [2.05, 4.69) is 53.1 Å². The van der Waals surface area contributed by atoms with Crippen molar-refractivity contribution in [1.29, 1.82) is 0 Å². The molecule has 0 aliphatic heterocycles. The molecule has 0 fully saturated rings. The third-order valence-electron chi connectivity index (χ3n) is 2.33.